The molecule has 0 radical (unpaired) electrons. The third-order valence-corrected chi connectivity index (χ3v) is 3.81. The lowest BCUT2D eigenvalue weighted by molar-refractivity contribution is -0.129. The van der Waals surface area contributed by atoms with Crippen molar-refractivity contribution in [2.24, 2.45) is 5.92 Å². The monoisotopic (exact) mass is 228 g/mol. The van der Waals surface area contributed by atoms with Crippen LogP contribution in [0.25, 0.3) is 0 Å². The van der Waals surface area contributed by atoms with Crippen molar-refractivity contribution in [1.82, 2.24) is 4.90 Å². The van der Waals surface area contributed by atoms with E-state index in [0.717, 1.165) is 11.5 Å². The molecule has 2 saturated heterocycles. The zero-order valence-electron chi connectivity index (χ0n) is 9.03. The number of rotatable bonds is 2. The first-order valence-corrected chi connectivity index (χ1v) is 6.40. The molecule has 4 nitrogen and oxygen atoms in total. The van der Waals surface area contributed by atoms with E-state index in [1.165, 1.54) is 0 Å². The Labute approximate surface area is 93.9 Å². The molecular formula is C10H16N2O2S. The molecule has 1 amide bonds. The van der Waals surface area contributed by atoms with E-state index >= 15 is 0 Å². The van der Waals surface area contributed by atoms with Crippen molar-refractivity contribution >= 4 is 23.7 Å². The number of carbonyl (C=O) groups is 1. The van der Waals surface area contributed by atoms with E-state index in [9.17, 15) is 4.79 Å². The van der Waals surface area contributed by atoms with Crippen molar-refractivity contribution in [3.05, 3.63) is 0 Å². The molecule has 0 aromatic carbocycles. The van der Waals surface area contributed by atoms with E-state index in [1.54, 1.807) is 16.7 Å². The lowest BCUT2D eigenvalue weighted by Crippen LogP contribution is -2.41. The number of fused-ring (bicyclic) bond motifs is 1. The molecule has 0 unspecified atom stereocenters. The molecule has 2 aliphatic rings. The first kappa shape index (κ1) is 10.8. The first-order valence-electron chi connectivity index (χ1n) is 5.24. The number of amidine groups is 1. The van der Waals surface area contributed by atoms with Gasteiger partial charge < -0.3 is 4.74 Å². The number of ether oxygens (including phenoxy) is 1. The maximum absolute atomic E-state index is 11.9. The zero-order chi connectivity index (χ0) is 11.0. The minimum absolute atomic E-state index is 0.0324. The highest BCUT2D eigenvalue weighted by Gasteiger charge is 2.45. The molecule has 2 aliphatic heterocycles. The van der Waals surface area contributed by atoms with Crippen LogP contribution in [0.3, 0.4) is 0 Å². The van der Waals surface area contributed by atoms with E-state index in [1.807, 2.05) is 13.8 Å². The van der Waals surface area contributed by atoms with Crippen LogP contribution in [0.1, 0.15) is 20.3 Å². The van der Waals surface area contributed by atoms with Crippen molar-refractivity contribution in [2.75, 3.05) is 11.5 Å². The molecule has 0 bridgehead atoms. The van der Waals surface area contributed by atoms with Gasteiger partial charge in [0.2, 0.25) is 5.91 Å². The average Bonchev–Trinajstić information content (AvgIpc) is 2.60. The van der Waals surface area contributed by atoms with E-state index in [0.29, 0.717) is 12.3 Å². The molecule has 15 heavy (non-hydrogen) atoms. The minimum atomic E-state index is 0.0324. The third-order valence-electron chi connectivity index (χ3n) is 2.66. The molecule has 2 heterocycles. The summed E-state index contributed by atoms with van der Waals surface area (Å²) in [5.41, 5.74) is 0. The fourth-order valence-electron chi connectivity index (χ4n) is 1.97. The van der Waals surface area contributed by atoms with Crippen LogP contribution >= 0.6 is 11.8 Å². The molecule has 2 rings (SSSR count). The summed E-state index contributed by atoms with van der Waals surface area (Å²) in [5.74, 6) is 2.17. The average molecular weight is 228 g/mol. The summed E-state index contributed by atoms with van der Waals surface area (Å²) in [6.45, 7) is 4.03. The van der Waals surface area contributed by atoms with Crippen LogP contribution in [-0.4, -0.2) is 40.5 Å². The second-order valence-corrected chi connectivity index (χ2v) is 5.50. The molecule has 0 spiro atoms. The van der Waals surface area contributed by atoms with Crippen LogP contribution in [-0.2, 0) is 9.53 Å². The number of hydrogen-bond donors (Lipinski definition) is 1. The van der Waals surface area contributed by atoms with Crippen molar-refractivity contribution in [2.45, 2.75) is 32.4 Å². The van der Waals surface area contributed by atoms with Gasteiger partial charge in [-0.15, -0.1) is 0 Å². The lowest BCUT2D eigenvalue weighted by Gasteiger charge is -2.20. The summed E-state index contributed by atoms with van der Waals surface area (Å²) in [5, 5.41) is 7.65. The summed E-state index contributed by atoms with van der Waals surface area (Å²) in [6, 6.07) is 0.157. The van der Waals surface area contributed by atoms with Gasteiger partial charge in [0, 0.05) is 17.9 Å². The summed E-state index contributed by atoms with van der Waals surface area (Å²) in [7, 11) is 0. The van der Waals surface area contributed by atoms with Gasteiger partial charge in [-0.2, -0.15) is 11.8 Å². The Balaban J connectivity index is 2.07. The topological polar surface area (TPSA) is 53.4 Å². The van der Waals surface area contributed by atoms with Gasteiger partial charge in [0.15, 0.2) is 0 Å². The van der Waals surface area contributed by atoms with Gasteiger partial charge in [-0.3, -0.25) is 15.1 Å². The number of nitrogens with zero attached hydrogens (tertiary/aromatic N) is 1. The van der Waals surface area contributed by atoms with Crippen LogP contribution in [0, 0.1) is 11.3 Å². The lowest BCUT2D eigenvalue weighted by atomic mass is 10.1. The Kier molecular flexibility index (Phi) is 2.91. The van der Waals surface area contributed by atoms with E-state index in [-0.39, 0.29) is 24.1 Å². The molecule has 84 valence electrons. The highest BCUT2D eigenvalue weighted by atomic mass is 32.2. The second kappa shape index (κ2) is 4.04. The molecular weight excluding hydrogens is 212 g/mol. The van der Waals surface area contributed by atoms with Crippen LogP contribution in [0.4, 0.5) is 0 Å². The molecule has 0 aromatic heterocycles. The Bertz CT molecular complexity index is 293. The summed E-state index contributed by atoms with van der Waals surface area (Å²) in [6.07, 6.45) is 0.554. The molecule has 2 fully saturated rings. The SMILES string of the molecule is CC(C)CC(=O)N1C(=N)O[C@H]2CSC[C@@H]21. The van der Waals surface area contributed by atoms with Gasteiger partial charge in [0.1, 0.15) is 6.10 Å². The van der Waals surface area contributed by atoms with Crippen LogP contribution < -0.4 is 0 Å². The van der Waals surface area contributed by atoms with E-state index in [4.69, 9.17) is 10.1 Å². The van der Waals surface area contributed by atoms with Gasteiger partial charge in [-0.1, -0.05) is 13.8 Å². The minimum Gasteiger partial charge on any atom is -0.459 e. The van der Waals surface area contributed by atoms with Crippen molar-refractivity contribution in [3.8, 4) is 0 Å². The van der Waals surface area contributed by atoms with Crippen LogP contribution in [0.15, 0.2) is 0 Å². The standard InChI is InChI=1S/C10H16N2O2S/c1-6(2)3-9(13)12-7-4-15-5-8(7)14-10(12)11/h6-8,11H,3-5H2,1-2H3/t7-,8-/m0/s1. The maximum atomic E-state index is 11.9. The predicted molar refractivity (Wildman–Crippen MR) is 60.0 cm³/mol. The number of nitrogens with one attached hydrogen (secondary N) is 1. The Hall–Kier alpha value is -0.710. The normalized spacial score (nSPS) is 29.5. The molecule has 0 aliphatic carbocycles. The Morgan fingerprint density at radius 2 is 2.40 bits per heavy atom. The van der Waals surface area contributed by atoms with Crippen molar-refractivity contribution in [3.63, 3.8) is 0 Å². The predicted octanol–water partition coefficient (Wildman–Crippen LogP) is 1.31. The highest BCUT2D eigenvalue weighted by Crippen LogP contribution is 2.31. The Morgan fingerprint density at radius 3 is 3.07 bits per heavy atom. The molecule has 1 N–H and O–H groups in total. The number of hydrogen-bond acceptors (Lipinski definition) is 4. The van der Waals surface area contributed by atoms with Gasteiger partial charge in [0.25, 0.3) is 6.02 Å². The molecule has 5 heteroatoms. The number of thioether (sulfide) groups is 1. The van der Waals surface area contributed by atoms with E-state index < -0.39 is 0 Å². The smallest absolute Gasteiger partial charge is 0.292 e. The van der Waals surface area contributed by atoms with Crippen molar-refractivity contribution < 1.29 is 9.53 Å². The zero-order valence-corrected chi connectivity index (χ0v) is 9.84. The highest BCUT2D eigenvalue weighted by molar-refractivity contribution is 7.99. The largest absolute Gasteiger partial charge is 0.459 e. The number of amides is 1. The van der Waals surface area contributed by atoms with E-state index in [2.05, 4.69) is 0 Å². The summed E-state index contributed by atoms with van der Waals surface area (Å²) >= 11 is 1.79. The maximum Gasteiger partial charge on any atom is 0.292 e. The fraction of sp³-hybridized carbons (Fsp3) is 0.800. The third kappa shape index (κ3) is 1.97. The number of carbonyl (C=O) groups excluding carboxylic acids is 1. The molecule has 2 atom stereocenters. The van der Waals surface area contributed by atoms with Gasteiger partial charge in [-0.25, -0.2) is 0 Å². The Morgan fingerprint density at radius 1 is 1.67 bits per heavy atom. The van der Waals surface area contributed by atoms with Gasteiger partial charge in [0.05, 0.1) is 6.04 Å². The summed E-state index contributed by atoms with van der Waals surface area (Å²) < 4.78 is 5.37. The van der Waals surface area contributed by atoms with Gasteiger partial charge >= 0.3 is 0 Å². The van der Waals surface area contributed by atoms with Crippen LogP contribution in [0.2, 0.25) is 0 Å². The van der Waals surface area contributed by atoms with Crippen molar-refractivity contribution in [1.29, 1.82) is 5.41 Å². The van der Waals surface area contributed by atoms with Crippen LogP contribution in [0.5, 0.6) is 0 Å². The molecule has 0 aromatic rings. The van der Waals surface area contributed by atoms with Gasteiger partial charge in [-0.05, 0) is 5.92 Å². The molecule has 0 saturated carbocycles. The quantitative estimate of drug-likeness (QED) is 0.775. The first-order chi connectivity index (χ1) is 7.09. The fourth-order valence-corrected chi connectivity index (χ4v) is 3.24. The summed E-state index contributed by atoms with van der Waals surface area (Å²) in [4.78, 5) is 13.5. The second-order valence-electron chi connectivity index (χ2n) is 4.43.